The molecule has 0 radical (unpaired) electrons. The Hall–Kier alpha value is -3.95. The molecule has 168 valence electrons. The maximum atomic E-state index is 14.1. The predicted octanol–water partition coefficient (Wildman–Crippen LogP) is 3.33. The van der Waals surface area contributed by atoms with Crippen molar-refractivity contribution in [1.29, 1.82) is 0 Å². The molecule has 1 aliphatic rings. The lowest BCUT2D eigenvalue weighted by Gasteiger charge is -2.39. The van der Waals surface area contributed by atoms with Crippen LogP contribution in [0.4, 0.5) is 8.78 Å². The fourth-order valence-corrected chi connectivity index (χ4v) is 4.39. The second-order valence-corrected chi connectivity index (χ2v) is 8.12. The van der Waals surface area contributed by atoms with Crippen molar-refractivity contribution in [3.63, 3.8) is 0 Å². The van der Waals surface area contributed by atoms with Gasteiger partial charge < -0.3 is 4.90 Å². The molecular formula is C23H21F2N7O. The number of fused-ring (bicyclic) bond motifs is 1. The van der Waals surface area contributed by atoms with E-state index in [4.69, 9.17) is 0 Å². The quantitative estimate of drug-likeness (QED) is 0.479. The number of halogens is 2. The van der Waals surface area contributed by atoms with Gasteiger partial charge in [-0.15, -0.1) is 15.0 Å². The molecule has 4 aromatic rings. The normalized spacial score (nSPS) is 17.8. The molecule has 0 bridgehead atoms. The average Bonchev–Trinajstić information content (AvgIpc) is 3.41. The van der Waals surface area contributed by atoms with E-state index in [1.54, 1.807) is 4.90 Å². The Kier molecular flexibility index (Phi) is 4.99. The average molecular weight is 449 g/mol. The van der Waals surface area contributed by atoms with E-state index in [2.05, 4.69) is 26.6 Å². The Morgan fingerprint density at radius 2 is 1.85 bits per heavy atom. The van der Waals surface area contributed by atoms with Crippen LogP contribution in [0.1, 0.15) is 51.9 Å². The summed E-state index contributed by atoms with van der Waals surface area (Å²) in [7, 11) is 1.88. The molecule has 1 amide bonds. The first-order valence-electron chi connectivity index (χ1n) is 10.5. The van der Waals surface area contributed by atoms with Crippen LogP contribution in [0, 0.1) is 18.6 Å². The van der Waals surface area contributed by atoms with Crippen molar-refractivity contribution in [1.82, 2.24) is 34.9 Å². The van der Waals surface area contributed by atoms with Crippen molar-refractivity contribution in [2.45, 2.75) is 25.8 Å². The number of aryl methyl sites for hydroxylation is 1. The van der Waals surface area contributed by atoms with Gasteiger partial charge in [-0.25, -0.2) is 8.78 Å². The van der Waals surface area contributed by atoms with E-state index in [-0.39, 0.29) is 23.5 Å². The van der Waals surface area contributed by atoms with Crippen molar-refractivity contribution in [2.75, 3.05) is 6.54 Å². The van der Waals surface area contributed by atoms with E-state index in [1.807, 2.05) is 50.0 Å². The maximum Gasteiger partial charge on any atom is 0.296 e. The summed E-state index contributed by atoms with van der Waals surface area (Å²) in [6, 6.07) is 10.8. The highest BCUT2D eigenvalue weighted by atomic mass is 19.1. The molecule has 3 heterocycles. The van der Waals surface area contributed by atoms with Crippen LogP contribution >= 0.6 is 0 Å². The first kappa shape index (κ1) is 20.9. The van der Waals surface area contributed by atoms with Gasteiger partial charge in [0, 0.05) is 36.8 Å². The summed E-state index contributed by atoms with van der Waals surface area (Å²) in [5.74, 6) is -2.22. The van der Waals surface area contributed by atoms with Crippen molar-refractivity contribution < 1.29 is 13.6 Å². The Labute approximate surface area is 188 Å². The zero-order chi connectivity index (χ0) is 23.3. The number of hydrogen-bond acceptors (Lipinski definition) is 5. The predicted molar refractivity (Wildman–Crippen MR) is 115 cm³/mol. The lowest BCUT2D eigenvalue weighted by molar-refractivity contribution is 0.0652. The second-order valence-electron chi connectivity index (χ2n) is 8.12. The van der Waals surface area contributed by atoms with Gasteiger partial charge in [-0.2, -0.15) is 5.10 Å². The number of carbonyl (C=O) groups is 1. The third kappa shape index (κ3) is 3.47. The van der Waals surface area contributed by atoms with Crippen LogP contribution in [0.2, 0.25) is 0 Å². The smallest absolute Gasteiger partial charge is 0.296 e. The van der Waals surface area contributed by atoms with Gasteiger partial charge in [0.15, 0.2) is 5.82 Å². The minimum absolute atomic E-state index is 0.0698. The summed E-state index contributed by atoms with van der Waals surface area (Å²) in [5, 5.41) is 16.1. The molecule has 1 aliphatic heterocycles. The molecule has 0 aliphatic carbocycles. The first-order chi connectivity index (χ1) is 15.8. The van der Waals surface area contributed by atoms with Crippen molar-refractivity contribution >= 4 is 5.91 Å². The van der Waals surface area contributed by atoms with Crippen LogP contribution in [0.25, 0.3) is 5.69 Å². The second kappa shape index (κ2) is 7.88. The highest BCUT2D eigenvalue weighted by molar-refractivity contribution is 5.91. The van der Waals surface area contributed by atoms with Gasteiger partial charge in [0.25, 0.3) is 11.7 Å². The number of amides is 1. The molecule has 2 aromatic heterocycles. The highest BCUT2D eigenvalue weighted by Gasteiger charge is 2.37. The summed E-state index contributed by atoms with van der Waals surface area (Å²) >= 11 is 0. The van der Waals surface area contributed by atoms with Crippen LogP contribution in [-0.4, -0.2) is 47.3 Å². The number of aromatic nitrogens is 6. The summed E-state index contributed by atoms with van der Waals surface area (Å²) in [6.07, 6.45) is 1.83. The third-order valence-corrected chi connectivity index (χ3v) is 6.31. The molecule has 2 atom stereocenters. The molecule has 2 aromatic carbocycles. The number of carbonyl (C=O) groups excluding carboxylic acids is 1. The Morgan fingerprint density at radius 3 is 2.55 bits per heavy atom. The Morgan fingerprint density at radius 1 is 1.09 bits per heavy atom. The molecular weight excluding hydrogens is 428 g/mol. The molecule has 0 fully saturated rings. The number of benzene rings is 2. The molecule has 0 spiro atoms. The number of tetrazole rings is 1. The largest absolute Gasteiger partial charge is 0.328 e. The summed E-state index contributed by atoms with van der Waals surface area (Å²) in [4.78, 5) is 16.0. The van der Waals surface area contributed by atoms with Gasteiger partial charge in [0.1, 0.15) is 11.5 Å². The van der Waals surface area contributed by atoms with Gasteiger partial charge in [-0.05, 0) is 42.3 Å². The SMILES string of the molecule is Cc1c(C2CN(C(=O)c3nnn(-c4ccc(F)cc4F)n3)C(C)c3ccccc32)cnn1C. The highest BCUT2D eigenvalue weighted by Crippen LogP contribution is 2.40. The molecule has 5 rings (SSSR count). The molecule has 8 nitrogen and oxygen atoms in total. The van der Waals surface area contributed by atoms with E-state index >= 15 is 0 Å². The van der Waals surface area contributed by atoms with Gasteiger partial charge in [-0.1, -0.05) is 24.3 Å². The van der Waals surface area contributed by atoms with Gasteiger partial charge >= 0.3 is 0 Å². The maximum absolute atomic E-state index is 14.1. The van der Waals surface area contributed by atoms with E-state index in [0.29, 0.717) is 6.54 Å². The van der Waals surface area contributed by atoms with Crippen molar-refractivity contribution in [3.8, 4) is 5.69 Å². The van der Waals surface area contributed by atoms with E-state index < -0.39 is 17.5 Å². The fourth-order valence-electron chi connectivity index (χ4n) is 4.39. The summed E-state index contributed by atoms with van der Waals surface area (Å²) in [5.41, 5.74) is 4.15. The van der Waals surface area contributed by atoms with E-state index in [1.165, 1.54) is 6.07 Å². The molecule has 33 heavy (non-hydrogen) atoms. The van der Waals surface area contributed by atoms with Crippen LogP contribution in [0.15, 0.2) is 48.7 Å². The summed E-state index contributed by atoms with van der Waals surface area (Å²) < 4.78 is 29.2. The zero-order valence-electron chi connectivity index (χ0n) is 18.3. The standard InChI is InChI=1S/C23H21F2N7O/c1-13-18(11-26-30(13)3)19-12-31(14(2)16-6-4-5-7-17(16)19)23(33)22-27-29-32(28-22)21-9-8-15(24)10-20(21)25/h4-11,14,19H,12H2,1-3H3. The molecule has 0 saturated heterocycles. The van der Waals surface area contributed by atoms with Crippen LogP contribution in [0.3, 0.4) is 0 Å². The van der Waals surface area contributed by atoms with Gasteiger partial charge in [0.05, 0.1) is 12.2 Å². The molecule has 0 N–H and O–H groups in total. The van der Waals surface area contributed by atoms with Crippen LogP contribution in [0.5, 0.6) is 0 Å². The number of hydrogen-bond donors (Lipinski definition) is 0. The molecule has 0 saturated carbocycles. The fraction of sp³-hybridized carbons (Fsp3) is 0.261. The van der Waals surface area contributed by atoms with Crippen LogP contribution in [-0.2, 0) is 7.05 Å². The van der Waals surface area contributed by atoms with Gasteiger partial charge in [-0.3, -0.25) is 9.48 Å². The zero-order valence-corrected chi connectivity index (χ0v) is 18.3. The minimum atomic E-state index is -0.848. The lowest BCUT2D eigenvalue weighted by atomic mass is 9.82. The first-order valence-corrected chi connectivity index (χ1v) is 10.5. The minimum Gasteiger partial charge on any atom is -0.328 e. The summed E-state index contributed by atoms with van der Waals surface area (Å²) in [6.45, 7) is 4.36. The molecule has 2 unspecified atom stereocenters. The topological polar surface area (TPSA) is 81.7 Å². The number of nitrogens with zero attached hydrogens (tertiary/aromatic N) is 7. The van der Waals surface area contributed by atoms with E-state index in [9.17, 15) is 13.6 Å². The number of rotatable bonds is 3. The van der Waals surface area contributed by atoms with Crippen molar-refractivity contribution in [3.05, 3.63) is 88.5 Å². The third-order valence-electron chi connectivity index (χ3n) is 6.31. The Bertz CT molecular complexity index is 1360. The van der Waals surface area contributed by atoms with Crippen LogP contribution < -0.4 is 0 Å². The van der Waals surface area contributed by atoms with Crippen molar-refractivity contribution in [2.24, 2.45) is 7.05 Å². The monoisotopic (exact) mass is 449 g/mol. The molecule has 10 heteroatoms. The Balaban J connectivity index is 1.51. The van der Waals surface area contributed by atoms with Gasteiger partial charge in [0.2, 0.25) is 0 Å². The lowest BCUT2D eigenvalue weighted by Crippen LogP contribution is -2.41. The van der Waals surface area contributed by atoms with E-state index in [0.717, 1.165) is 39.3 Å².